The lowest BCUT2D eigenvalue weighted by molar-refractivity contribution is 0.0957. The molecule has 1 amide bonds. The van der Waals surface area contributed by atoms with Crippen LogP contribution in [0, 0.1) is 0 Å². The Kier molecular flexibility index (Phi) is 2.73. The van der Waals surface area contributed by atoms with E-state index in [0.29, 0.717) is 24.5 Å². The van der Waals surface area contributed by atoms with E-state index in [-0.39, 0.29) is 5.91 Å². The highest BCUT2D eigenvalue weighted by atomic mass is 16.5. The second-order valence-electron chi connectivity index (χ2n) is 4.15. The van der Waals surface area contributed by atoms with Crippen LogP contribution in [0.15, 0.2) is 48.5 Å². The van der Waals surface area contributed by atoms with Crippen molar-refractivity contribution in [3.05, 3.63) is 54.1 Å². The van der Waals surface area contributed by atoms with Crippen LogP contribution in [0.1, 0.15) is 10.4 Å². The molecule has 3 rings (SSSR count). The molecular weight excluding hydrogens is 226 g/mol. The maximum Gasteiger partial charge on any atom is 0.255 e. The predicted molar refractivity (Wildman–Crippen MR) is 69.7 cm³/mol. The molecule has 1 N–H and O–H groups in total. The van der Waals surface area contributed by atoms with Crippen LogP contribution in [0.3, 0.4) is 0 Å². The number of benzene rings is 2. The molecule has 1 aliphatic rings. The Morgan fingerprint density at radius 1 is 0.944 bits per heavy atom. The largest absolute Gasteiger partial charge is 0.490 e. The van der Waals surface area contributed by atoms with Gasteiger partial charge in [-0.25, -0.2) is 0 Å². The van der Waals surface area contributed by atoms with E-state index in [1.165, 1.54) is 0 Å². The van der Waals surface area contributed by atoms with E-state index in [0.717, 1.165) is 11.1 Å². The van der Waals surface area contributed by atoms with Crippen molar-refractivity contribution >= 4 is 5.91 Å². The minimum atomic E-state index is -0.0692. The van der Waals surface area contributed by atoms with Crippen molar-refractivity contribution in [2.24, 2.45) is 0 Å². The molecule has 3 nitrogen and oxygen atoms in total. The lowest BCUT2D eigenvalue weighted by atomic mass is 10.0. The third-order valence-electron chi connectivity index (χ3n) is 2.98. The lowest BCUT2D eigenvalue weighted by Gasteiger charge is -2.11. The molecule has 0 aromatic heterocycles. The summed E-state index contributed by atoms with van der Waals surface area (Å²) in [4.78, 5) is 11.9. The minimum absolute atomic E-state index is 0.0692. The first-order valence-electron chi connectivity index (χ1n) is 5.96. The summed E-state index contributed by atoms with van der Waals surface area (Å²) in [5, 5.41) is 2.82. The molecule has 90 valence electrons. The number of hydrogen-bond donors (Lipinski definition) is 1. The monoisotopic (exact) mass is 239 g/mol. The van der Waals surface area contributed by atoms with Gasteiger partial charge in [-0.2, -0.15) is 0 Å². The Morgan fingerprint density at radius 2 is 1.72 bits per heavy atom. The summed E-state index contributed by atoms with van der Waals surface area (Å²) in [6.07, 6.45) is 0. The molecule has 0 radical (unpaired) electrons. The third kappa shape index (κ3) is 1.84. The fourth-order valence-corrected chi connectivity index (χ4v) is 2.13. The van der Waals surface area contributed by atoms with Crippen LogP contribution >= 0.6 is 0 Å². The molecule has 0 aliphatic carbocycles. The summed E-state index contributed by atoms with van der Waals surface area (Å²) >= 11 is 0. The van der Waals surface area contributed by atoms with Crippen molar-refractivity contribution in [1.82, 2.24) is 5.32 Å². The van der Waals surface area contributed by atoms with E-state index in [2.05, 4.69) is 5.32 Å². The molecule has 2 aromatic carbocycles. The normalized spacial score (nSPS) is 14.1. The van der Waals surface area contributed by atoms with Crippen molar-refractivity contribution in [2.75, 3.05) is 13.2 Å². The smallest absolute Gasteiger partial charge is 0.255 e. The number of fused-ring (bicyclic) bond motifs is 1. The second-order valence-corrected chi connectivity index (χ2v) is 4.15. The van der Waals surface area contributed by atoms with Crippen molar-refractivity contribution in [1.29, 1.82) is 0 Å². The topological polar surface area (TPSA) is 38.3 Å². The number of carbonyl (C=O) groups excluding carboxylic acids is 1. The van der Waals surface area contributed by atoms with Crippen molar-refractivity contribution in [3.8, 4) is 16.9 Å². The van der Waals surface area contributed by atoms with Crippen LogP contribution in [-0.4, -0.2) is 19.1 Å². The molecule has 18 heavy (non-hydrogen) atoms. The average molecular weight is 239 g/mol. The van der Waals surface area contributed by atoms with Gasteiger partial charge in [-0.1, -0.05) is 42.5 Å². The molecular formula is C15H13NO2. The average Bonchev–Trinajstić information content (AvgIpc) is 2.62. The van der Waals surface area contributed by atoms with E-state index >= 15 is 0 Å². The molecule has 1 heterocycles. The standard InChI is InChI=1S/C15H13NO2/c17-15-13-8-4-7-12(11-5-2-1-3-6-11)14(13)18-10-9-16-15/h1-8H,9-10H2,(H,16,17). The van der Waals surface area contributed by atoms with Gasteiger partial charge in [-0.3, -0.25) is 4.79 Å². The number of ether oxygens (including phenoxy) is 1. The summed E-state index contributed by atoms with van der Waals surface area (Å²) in [5.41, 5.74) is 2.63. The van der Waals surface area contributed by atoms with Gasteiger partial charge in [-0.05, 0) is 11.6 Å². The van der Waals surface area contributed by atoms with Gasteiger partial charge in [-0.15, -0.1) is 0 Å². The molecule has 0 saturated carbocycles. The van der Waals surface area contributed by atoms with Crippen molar-refractivity contribution < 1.29 is 9.53 Å². The minimum Gasteiger partial charge on any atom is -0.490 e. The van der Waals surface area contributed by atoms with Gasteiger partial charge in [0.05, 0.1) is 12.1 Å². The number of para-hydroxylation sites is 1. The van der Waals surface area contributed by atoms with E-state index in [1.54, 1.807) is 6.07 Å². The lowest BCUT2D eigenvalue weighted by Crippen LogP contribution is -2.24. The zero-order valence-electron chi connectivity index (χ0n) is 9.85. The van der Waals surface area contributed by atoms with Gasteiger partial charge in [0.2, 0.25) is 0 Å². The molecule has 0 saturated heterocycles. The van der Waals surface area contributed by atoms with E-state index < -0.39 is 0 Å². The molecule has 2 aromatic rings. The van der Waals surface area contributed by atoms with Crippen LogP contribution in [0.2, 0.25) is 0 Å². The van der Waals surface area contributed by atoms with Gasteiger partial charge in [0, 0.05) is 5.56 Å². The fraction of sp³-hybridized carbons (Fsp3) is 0.133. The van der Waals surface area contributed by atoms with Gasteiger partial charge in [0.1, 0.15) is 12.4 Å². The number of nitrogens with one attached hydrogen (secondary N) is 1. The number of amides is 1. The highest BCUT2D eigenvalue weighted by Crippen LogP contribution is 2.33. The molecule has 0 spiro atoms. The summed E-state index contributed by atoms with van der Waals surface area (Å²) in [6, 6.07) is 15.6. The Labute approximate surface area is 105 Å². The van der Waals surface area contributed by atoms with Gasteiger partial charge < -0.3 is 10.1 Å². The third-order valence-corrected chi connectivity index (χ3v) is 2.98. The summed E-state index contributed by atoms with van der Waals surface area (Å²) in [6.45, 7) is 1.05. The number of hydrogen-bond acceptors (Lipinski definition) is 2. The van der Waals surface area contributed by atoms with E-state index in [4.69, 9.17) is 4.74 Å². The summed E-state index contributed by atoms with van der Waals surface area (Å²) in [5.74, 6) is 0.610. The van der Waals surface area contributed by atoms with Crippen LogP contribution in [0.25, 0.3) is 11.1 Å². The van der Waals surface area contributed by atoms with Crippen LogP contribution in [0.5, 0.6) is 5.75 Å². The van der Waals surface area contributed by atoms with Crippen LogP contribution < -0.4 is 10.1 Å². The number of carbonyl (C=O) groups is 1. The Balaban J connectivity index is 2.17. The fourth-order valence-electron chi connectivity index (χ4n) is 2.13. The maximum absolute atomic E-state index is 11.9. The zero-order chi connectivity index (χ0) is 12.4. The highest BCUT2D eigenvalue weighted by molar-refractivity contribution is 5.99. The Bertz CT molecular complexity index is 578. The molecule has 0 unspecified atom stereocenters. The van der Waals surface area contributed by atoms with E-state index in [1.807, 2.05) is 42.5 Å². The summed E-state index contributed by atoms with van der Waals surface area (Å²) < 4.78 is 5.72. The number of rotatable bonds is 1. The Hall–Kier alpha value is -2.29. The quantitative estimate of drug-likeness (QED) is 0.830. The van der Waals surface area contributed by atoms with Crippen molar-refractivity contribution in [3.63, 3.8) is 0 Å². The van der Waals surface area contributed by atoms with Crippen LogP contribution in [-0.2, 0) is 0 Å². The first-order valence-corrected chi connectivity index (χ1v) is 5.96. The van der Waals surface area contributed by atoms with Gasteiger partial charge in [0.25, 0.3) is 5.91 Å². The van der Waals surface area contributed by atoms with Crippen LogP contribution in [0.4, 0.5) is 0 Å². The second kappa shape index (κ2) is 4.53. The molecule has 3 heteroatoms. The maximum atomic E-state index is 11.9. The molecule has 0 fully saturated rings. The van der Waals surface area contributed by atoms with Gasteiger partial charge in [0.15, 0.2) is 0 Å². The molecule has 1 aliphatic heterocycles. The highest BCUT2D eigenvalue weighted by Gasteiger charge is 2.19. The first-order chi connectivity index (χ1) is 8.86. The van der Waals surface area contributed by atoms with Crippen molar-refractivity contribution in [2.45, 2.75) is 0 Å². The molecule has 0 bridgehead atoms. The summed E-state index contributed by atoms with van der Waals surface area (Å²) in [7, 11) is 0. The van der Waals surface area contributed by atoms with Gasteiger partial charge >= 0.3 is 0 Å². The Morgan fingerprint density at radius 3 is 2.56 bits per heavy atom. The SMILES string of the molecule is O=C1NCCOc2c1cccc2-c1ccccc1. The zero-order valence-corrected chi connectivity index (χ0v) is 9.85. The predicted octanol–water partition coefficient (Wildman–Crippen LogP) is 2.48. The van der Waals surface area contributed by atoms with E-state index in [9.17, 15) is 4.79 Å². The molecule has 0 atom stereocenters. The first kappa shape index (κ1) is 10.8.